The zero-order valence-corrected chi connectivity index (χ0v) is 20.2. The third-order valence-corrected chi connectivity index (χ3v) is 6.08. The maximum absolute atomic E-state index is 12.6. The smallest absolute Gasteiger partial charge is 0.338 e. The quantitative estimate of drug-likeness (QED) is 0.507. The molecule has 1 saturated heterocycles. The zero-order valence-electron chi connectivity index (χ0n) is 20.2. The minimum atomic E-state index is -0.648. The molecule has 1 heterocycles. The van der Waals surface area contributed by atoms with Crippen molar-refractivity contribution in [2.24, 2.45) is 0 Å². The number of ether oxygens (including phenoxy) is 2. The summed E-state index contributed by atoms with van der Waals surface area (Å²) >= 11 is 0. The van der Waals surface area contributed by atoms with Crippen molar-refractivity contribution in [3.63, 3.8) is 0 Å². The Labute approximate surface area is 206 Å². The van der Waals surface area contributed by atoms with E-state index in [-0.39, 0.29) is 43.1 Å². The SMILES string of the molecule is CC1CCCC(C)N1C(=O)COc1ccc(C(=O)OCC(=O)N(CCC#N)c2ccccc2)cc1. The first-order chi connectivity index (χ1) is 16.9. The number of carbonyl (C=O) groups excluding carboxylic acids is 3. The van der Waals surface area contributed by atoms with Crippen molar-refractivity contribution < 1.29 is 23.9 Å². The minimum absolute atomic E-state index is 0.0499. The van der Waals surface area contributed by atoms with Crippen molar-refractivity contribution in [1.82, 2.24) is 4.90 Å². The van der Waals surface area contributed by atoms with Crippen molar-refractivity contribution in [3.05, 3.63) is 60.2 Å². The summed E-state index contributed by atoms with van der Waals surface area (Å²) in [5.74, 6) is -0.647. The van der Waals surface area contributed by atoms with E-state index in [0.717, 1.165) is 19.3 Å². The Morgan fingerprint density at radius 1 is 1.00 bits per heavy atom. The molecule has 2 aromatic carbocycles. The van der Waals surface area contributed by atoms with Gasteiger partial charge in [0.2, 0.25) is 0 Å². The first-order valence-electron chi connectivity index (χ1n) is 11.8. The number of hydrogen-bond acceptors (Lipinski definition) is 6. The molecule has 3 rings (SSSR count). The monoisotopic (exact) mass is 477 g/mol. The molecule has 1 aliphatic heterocycles. The van der Waals surface area contributed by atoms with Crippen LogP contribution in [0, 0.1) is 11.3 Å². The molecule has 184 valence electrons. The number of carbonyl (C=O) groups is 3. The van der Waals surface area contributed by atoms with Gasteiger partial charge in [-0.05, 0) is 69.5 Å². The molecule has 0 spiro atoms. The zero-order chi connectivity index (χ0) is 25.2. The van der Waals surface area contributed by atoms with Crippen molar-refractivity contribution in [3.8, 4) is 11.8 Å². The third kappa shape index (κ3) is 7.06. The molecular formula is C27H31N3O5. The lowest BCUT2D eigenvalue weighted by Gasteiger charge is -2.38. The van der Waals surface area contributed by atoms with E-state index in [0.29, 0.717) is 11.4 Å². The predicted molar refractivity (Wildman–Crippen MR) is 131 cm³/mol. The van der Waals surface area contributed by atoms with Gasteiger partial charge in [0.05, 0.1) is 18.1 Å². The number of rotatable bonds is 9. The summed E-state index contributed by atoms with van der Waals surface area (Å²) in [7, 11) is 0. The maximum Gasteiger partial charge on any atom is 0.338 e. The highest BCUT2D eigenvalue weighted by Crippen LogP contribution is 2.23. The van der Waals surface area contributed by atoms with E-state index in [1.54, 1.807) is 36.4 Å². The largest absolute Gasteiger partial charge is 0.484 e. The molecule has 2 amide bonds. The number of hydrogen-bond donors (Lipinski definition) is 0. The van der Waals surface area contributed by atoms with Crippen molar-refractivity contribution in [2.45, 2.75) is 51.6 Å². The Kier molecular flexibility index (Phi) is 9.24. The van der Waals surface area contributed by atoms with Gasteiger partial charge in [0.25, 0.3) is 11.8 Å². The highest BCUT2D eigenvalue weighted by atomic mass is 16.5. The number of nitriles is 1. The van der Waals surface area contributed by atoms with E-state index >= 15 is 0 Å². The number of benzene rings is 2. The lowest BCUT2D eigenvalue weighted by Crippen LogP contribution is -2.49. The molecule has 0 N–H and O–H groups in total. The third-order valence-electron chi connectivity index (χ3n) is 6.08. The van der Waals surface area contributed by atoms with Crippen LogP contribution >= 0.6 is 0 Å². The van der Waals surface area contributed by atoms with Gasteiger partial charge in [-0.3, -0.25) is 9.59 Å². The van der Waals surface area contributed by atoms with Crippen LogP contribution in [0.25, 0.3) is 0 Å². The van der Waals surface area contributed by atoms with E-state index in [9.17, 15) is 14.4 Å². The number of likely N-dealkylation sites (tertiary alicyclic amines) is 1. The second-order valence-electron chi connectivity index (χ2n) is 8.61. The molecule has 0 radical (unpaired) electrons. The van der Waals surface area contributed by atoms with Gasteiger partial charge in [0.15, 0.2) is 13.2 Å². The predicted octanol–water partition coefficient (Wildman–Crippen LogP) is 3.96. The van der Waals surface area contributed by atoms with Gasteiger partial charge < -0.3 is 19.3 Å². The Hall–Kier alpha value is -3.86. The van der Waals surface area contributed by atoms with Crippen LogP contribution in [0.15, 0.2) is 54.6 Å². The van der Waals surface area contributed by atoms with Crippen LogP contribution in [0.4, 0.5) is 5.69 Å². The highest BCUT2D eigenvalue weighted by molar-refractivity contribution is 5.97. The lowest BCUT2D eigenvalue weighted by molar-refractivity contribution is -0.139. The first-order valence-corrected chi connectivity index (χ1v) is 11.8. The van der Waals surface area contributed by atoms with Gasteiger partial charge in [0.1, 0.15) is 5.75 Å². The molecular weight excluding hydrogens is 446 g/mol. The van der Waals surface area contributed by atoms with Gasteiger partial charge >= 0.3 is 5.97 Å². The van der Waals surface area contributed by atoms with Crippen LogP contribution in [0.3, 0.4) is 0 Å². The maximum atomic E-state index is 12.6. The molecule has 0 bridgehead atoms. The Morgan fingerprint density at radius 3 is 2.29 bits per heavy atom. The van der Waals surface area contributed by atoms with Crippen molar-refractivity contribution >= 4 is 23.5 Å². The topological polar surface area (TPSA) is 99.9 Å². The molecule has 2 atom stereocenters. The second kappa shape index (κ2) is 12.6. The van der Waals surface area contributed by atoms with Crippen LogP contribution in [-0.2, 0) is 14.3 Å². The molecule has 2 aromatic rings. The minimum Gasteiger partial charge on any atom is -0.484 e. The molecule has 8 heteroatoms. The number of esters is 1. The molecule has 35 heavy (non-hydrogen) atoms. The molecule has 1 fully saturated rings. The van der Waals surface area contributed by atoms with E-state index in [1.165, 1.54) is 17.0 Å². The summed E-state index contributed by atoms with van der Waals surface area (Å²) in [6.07, 6.45) is 3.28. The van der Waals surface area contributed by atoms with E-state index < -0.39 is 18.5 Å². The highest BCUT2D eigenvalue weighted by Gasteiger charge is 2.29. The van der Waals surface area contributed by atoms with E-state index in [1.807, 2.05) is 17.0 Å². The van der Waals surface area contributed by atoms with Crippen LogP contribution in [-0.4, -0.2) is 54.5 Å². The Bertz CT molecular complexity index is 1040. The number of para-hydroxylation sites is 1. The van der Waals surface area contributed by atoms with Gasteiger partial charge in [-0.15, -0.1) is 0 Å². The summed E-state index contributed by atoms with van der Waals surface area (Å²) in [6, 6.07) is 17.6. The molecule has 2 unspecified atom stereocenters. The fourth-order valence-corrected chi connectivity index (χ4v) is 4.28. The van der Waals surface area contributed by atoms with Crippen LogP contribution in [0.1, 0.15) is 49.9 Å². The Morgan fingerprint density at radius 2 is 1.66 bits per heavy atom. The summed E-state index contributed by atoms with van der Waals surface area (Å²) in [5.41, 5.74) is 0.895. The average molecular weight is 478 g/mol. The summed E-state index contributed by atoms with van der Waals surface area (Å²) in [5, 5.41) is 8.89. The lowest BCUT2D eigenvalue weighted by atomic mass is 9.97. The summed E-state index contributed by atoms with van der Waals surface area (Å²) < 4.78 is 10.8. The molecule has 0 saturated carbocycles. The van der Waals surface area contributed by atoms with Crippen LogP contribution in [0.2, 0.25) is 0 Å². The first kappa shape index (κ1) is 25.8. The summed E-state index contributed by atoms with van der Waals surface area (Å²) in [6.45, 7) is 3.81. The van der Waals surface area contributed by atoms with Gasteiger partial charge in [-0.2, -0.15) is 5.26 Å². The fraction of sp³-hybridized carbons (Fsp3) is 0.407. The molecule has 0 aromatic heterocycles. The van der Waals surface area contributed by atoms with E-state index in [4.69, 9.17) is 14.7 Å². The second-order valence-corrected chi connectivity index (χ2v) is 8.61. The fourth-order valence-electron chi connectivity index (χ4n) is 4.28. The molecule has 1 aliphatic rings. The summed E-state index contributed by atoms with van der Waals surface area (Å²) in [4.78, 5) is 41.0. The molecule has 0 aliphatic carbocycles. The van der Waals surface area contributed by atoms with Crippen molar-refractivity contribution in [1.29, 1.82) is 5.26 Å². The number of anilines is 1. The van der Waals surface area contributed by atoms with Crippen molar-refractivity contribution in [2.75, 3.05) is 24.7 Å². The van der Waals surface area contributed by atoms with Gasteiger partial charge in [0, 0.05) is 24.3 Å². The van der Waals surface area contributed by atoms with Crippen LogP contribution in [0.5, 0.6) is 5.75 Å². The molecule has 8 nitrogen and oxygen atoms in total. The Balaban J connectivity index is 1.51. The number of nitrogens with zero attached hydrogens (tertiary/aromatic N) is 3. The van der Waals surface area contributed by atoms with Crippen LogP contribution < -0.4 is 9.64 Å². The number of amides is 2. The van der Waals surface area contributed by atoms with Gasteiger partial charge in [-0.25, -0.2) is 4.79 Å². The van der Waals surface area contributed by atoms with Gasteiger partial charge in [-0.1, -0.05) is 18.2 Å². The normalized spacial score (nSPS) is 17.2. The van der Waals surface area contributed by atoms with E-state index in [2.05, 4.69) is 13.8 Å². The average Bonchev–Trinajstić information content (AvgIpc) is 2.87. The standard InChI is InChI=1S/C27H31N3O5/c1-20-8-6-9-21(2)30(20)26(32)19-34-24-14-12-22(13-15-24)27(33)35-18-25(31)29(17-7-16-28)23-10-4-3-5-11-23/h3-5,10-15,20-21H,6-9,17-19H2,1-2H3. The number of piperidine rings is 1.